The molecular formula is C28H25ClN4O2S2. The highest BCUT2D eigenvalue weighted by molar-refractivity contribution is 7.99. The van der Waals surface area contributed by atoms with Gasteiger partial charge < -0.3 is 20.0 Å². The van der Waals surface area contributed by atoms with Crippen molar-refractivity contribution in [1.29, 1.82) is 0 Å². The molecule has 3 heterocycles. The molecule has 0 aliphatic carbocycles. The van der Waals surface area contributed by atoms with Crippen LogP contribution in [0, 0.1) is 5.92 Å². The minimum atomic E-state index is -0.306. The summed E-state index contributed by atoms with van der Waals surface area (Å²) in [6.45, 7) is 3.67. The van der Waals surface area contributed by atoms with Gasteiger partial charge in [-0.05, 0) is 66.8 Å². The lowest BCUT2D eigenvalue weighted by Gasteiger charge is -2.26. The van der Waals surface area contributed by atoms with Gasteiger partial charge in [-0.2, -0.15) is 0 Å². The summed E-state index contributed by atoms with van der Waals surface area (Å²) in [6, 6.07) is 24.8. The molecule has 0 spiro atoms. The second-order valence-electron chi connectivity index (χ2n) is 8.88. The van der Waals surface area contributed by atoms with Crippen molar-refractivity contribution < 1.29 is 9.21 Å². The fourth-order valence-electron chi connectivity index (χ4n) is 4.11. The number of aromatic nitrogens is 1. The monoisotopic (exact) mass is 548 g/mol. The van der Waals surface area contributed by atoms with E-state index in [4.69, 9.17) is 28.2 Å². The van der Waals surface area contributed by atoms with Crippen molar-refractivity contribution in [3.8, 4) is 0 Å². The molecule has 9 heteroatoms. The number of pyridine rings is 1. The number of anilines is 2. The van der Waals surface area contributed by atoms with Crippen molar-refractivity contribution in [2.75, 3.05) is 10.2 Å². The first-order valence-corrected chi connectivity index (χ1v) is 13.4. The first-order chi connectivity index (χ1) is 17.9. The van der Waals surface area contributed by atoms with Crippen molar-refractivity contribution in [2.45, 2.75) is 35.9 Å². The summed E-state index contributed by atoms with van der Waals surface area (Å²) in [5, 5.41) is 8.03. The summed E-state index contributed by atoms with van der Waals surface area (Å²) in [5.74, 6) is 0.492. The Balaban J connectivity index is 1.50. The lowest BCUT2D eigenvalue weighted by atomic mass is 10.0. The number of benzene rings is 2. The van der Waals surface area contributed by atoms with E-state index in [1.54, 1.807) is 24.0 Å². The quantitative estimate of drug-likeness (QED) is 0.236. The Morgan fingerprint density at radius 1 is 1.11 bits per heavy atom. The molecule has 2 aromatic heterocycles. The van der Waals surface area contributed by atoms with Crippen molar-refractivity contribution in [2.24, 2.45) is 5.92 Å². The third-order valence-corrected chi connectivity index (χ3v) is 7.52. The number of carbonyl (C=O) groups excluding carboxylic acids is 1. The highest BCUT2D eigenvalue weighted by atomic mass is 35.5. The molecule has 1 aliphatic rings. The zero-order valence-corrected chi connectivity index (χ0v) is 22.6. The number of hydrogen-bond acceptors (Lipinski definition) is 5. The van der Waals surface area contributed by atoms with E-state index in [2.05, 4.69) is 15.6 Å². The van der Waals surface area contributed by atoms with Crippen LogP contribution in [0.25, 0.3) is 0 Å². The average molecular weight is 549 g/mol. The van der Waals surface area contributed by atoms with Crippen LogP contribution in [0.1, 0.15) is 37.4 Å². The maximum absolute atomic E-state index is 12.2. The van der Waals surface area contributed by atoms with Gasteiger partial charge in [-0.25, -0.2) is 0 Å². The van der Waals surface area contributed by atoms with Crippen LogP contribution in [0.2, 0.25) is 5.02 Å². The van der Waals surface area contributed by atoms with Gasteiger partial charge in [0.05, 0.1) is 22.4 Å². The number of amides is 1. The van der Waals surface area contributed by atoms with Crippen molar-refractivity contribution in [1.82, 2.24) is 10.3 Å². The van der Waals surface area contributed by atoms with Crippen LogP contribution in [0.3, 0.4) is 0 Å². The Bertz CT molecular complexity index is 1410. The Morgan fingerprint density at radius 3 is 2.59 bits per heavy atom. The Labute approximate surface area is 230 Å². The number of rotatable bonds is 7. The zero-order valence-electron chi connectivity index (χ0n) is 20.2. The number of nitrogens with zero attached hydrogens (tertiary/aromatic N) is 2. The number of furan rings is 1. The molecule has 188 valence electrons. The van der Waals surface area contributed by atoms with Gasteiger partial charge in [0.1, 0.15) is 11.8 Å². The summed E-state index contributed by atoms with van der Waals surface area (Å²) in [5.41, 5.74) is 2.18. The SMILES string of the molecule is CC(C)C(=O)Nc1ccc(N2C(=S)N[C@@H](c3ccccn3)[C@@H]2c2ccc(Sc3ccccc3)o2)cc1Cl. The van der Waals surface area contributed by atoms with Crippen LogP contribution < -0.4 is 15.5 Å². The van der Waals surface area contributed by atoms with E-state index in [0.29, 0.717) is 15.8 Å². The number of halogens is 1. The second kappa shape index (κ2) is 11.0. The van der Waals surface area contributed by atoms with Crippen LogP contribution >= 0.6 is 35.6 Å². The van der Waals surface area contributed by atoms with Crippen molar-refractivity contribution >= 4 is 58.0 Å². The minimum absolute atomic E-state index is 0.0971. The molecular weight excluding hydrogens is 524 g/mol. The van der Waals surface area contributed by atoms with Gasteiger partial charge in [0.15, 0.2) is 10.2 Å². The van der Waals surface area contributed by atoms with Gasteiger partial charge in [-0.1, -0.05) is 61.5 Å². The maximum atomic E-state index is 12.2. The molecule has 6 nitrogen and oxygen atoms in total. The lowest BCUT2D eigenvalue weighted by Crippen LogP contribution is -2.29. The standard InChI is InChI=1S/C28H25ClN4O2S2/c1-17(2)27(34)31-21-12-11-18(16-20(21)29)33-26(25(32-28(33)36)22-10-6-7-15-30-22)23-13-14-24(35-23)37-19-8-4-3-5-9-19/h3-17,25-26H,1-2H3,(H,31,34)(H,32,36)/t25-,26-/m0/s1. The van der Waals surface area contributed by atoms with E-state index in [-0.39, 0.29) is 23.9 Å². The Kier molecular flexibility index (Phi) is 7.50. The molecule has 4 aromatic rings. The maximum Gasteiger partial charge on any atom is 0.226 e. The molecule has 1 saturated heterocycles. The number of nitrogens with one attached hydrogen (secondary N) is 2. The van der Waals surface area contributed by atoms with E-state index >= 15 is 0 Å². The molecule has 1 amide bonds. The summed E-state index contributed by atoms with van der Waals surface area (Å²) in [4.78, 5) is 19.9. The number of thiocarbonyl (C=S) groups is 1. The van der Waals surface area contributed by atoms with Gasteiger partial charge in [-0.15, -0.1) is 0 Å². The third-order valence-electron chi connectivity index (χ3n) is 5.97. The Hall–Kier alpha value is -3.33. The summed E-state index contributed by atoms with van der Waals surface area (Å²) in [7, 11) is 0. The predicted octanol–water partition coefficient (Wildman–Crippen LogP) is 7.25. The summed E-state index contributed by atoms with van der Waals surface area (Å²) >= 11 is 14.0. The van der Waals surface area contributed by atoms with E-state index in [1.807, 2.05) is 91.5 Å². The molecule has 0 radical (unpaired) electrons. The predicted molar refractivity (Wildman–Crippen MR) is 152 cm³/mol. The van der Waals surface area contributed by atoms with Crippen LogP contribution in [-0.4, -0.2) is 16.0 Å². The molecule has 2 N–H and O–H groups in total. The molecule has 1 fully saturated rings. The van der Waals surface area contributed by atoms with Gasteiger partial charge >= 0.3 is 0 Å². The highest BCUT2D eigenvalue weighted by Gasteiger charge is 2.42. The first-order valence-electron chi connectivity index (χ1n) is 11.8. The molecule has 1 aliphatic heterocycles. The fourth-order valence-corrected chi connectivity index (χ4v) is 5.47. The molecule has 2 atom stereocenters. The van der Waals surface area contributed by atoms with E-state index in [9.17, 15) is 4.79 Å². The second-order valence-corrected chi connectivity index (χ2v) is 10.7. The van der Waals surface area contributed by atoms with Crippen LogP contribution in [0.15, 0.2) is 99.5 Å². The van der Waals surface area contributed by atoms with Crippen molar-refractivity contribution in [3.05, 3.63) is 102 Å². The van der Waals surface area contributed by atoms with Crippen LogP contribution in [0.5, 0.6) is 0 Å². The smallest absolute Gasteiger partial charge is 0.226 e. The molecule has 37 heavy (non-hydrogen) atoms. The van der Waals surface area contributed by atoms with Gasteiger partial charge in [0, 0.05) is 22.7 Å². The summed E-state index contributed by atoms with van der Waals surface area (Å²) < 4.78 is 6.36. The lowest BCUT2D eigenvalue weighted by molar-refractivity contribution is -0.118. The first kappa shape index (κ1) is 25.3. The number of hydrogen-bond donors (Lipinski definition) is 2. The molecule has 2 aromatic carbocycles. The normalized spacial score (nSPS) is 17.2. The third kappa shape index (κ3) is 5.51. The molecule has 0 bridgehead atoms. The van der Waals surface area contributed by atoms with Crippen molar-refractivity contribution in [3.63, 3.8) is 0 Å². The topological polar surface area (TPSA) is 70.4 Å². The minimum Gasteiger partial charge on any atom is -0.452 e. The van der Waals surface area contributed by atoms with Crippen LogP contribution in [0.4, 0.5) is 11.4 Å². The Morgan fingerprint density at radius 2 is 1.89 bits per heavy atom. The summed E-state index contributed by atoms with van der Waals surface area (Å²) in [6.07, 6.45) is 1.77. The van der Waals surface area contributed by atoms with Gasteiger partial charge in [0.2, 0.25) is 5.91 Å². The fraction of sp³-hybridized carbons (Fsp3) is 0.179. The van der Waals surface area contributed by atoms with E-state index in [0.717, 1.165) is 27.1 Å². The largest absolute Gasteiger partial charge is 0.452 e. The number of carbonyl (C=O) groups is 1. The van der Waals surface area contributed by atoms with E-state index < -0.39 is 0 Å². The van der Waals surface area contributed by atoms with Crippen LogP contribution in [-0.2, 0) is 4.79 Å². The van der Waals surface area contributed by atoms with Gasteiger partial charge in [0.25, 0.3) is 0 Å². The zero-order chi connectivity index (χ0) is 25.9. The molecule has 5 rings (SSSR count). The van der Waals surface area contributed by atoms with Gasteiger partial charge in [-0.3, -0.25) is 9.78 Å². The average Bonchev–Trinajstić information content (AvgIpc) is 3.50. The highest BCUT2D eigenvalue weighted by Crippen LogP contribution is 2.44. The molecule has 0 unspecified atom stereocenters. The molecule has 0 saturated carbocycles. The van der Waals surface area contributed by atoms with E-state index in [1.165, 1.54) is 0 Å².